The molecule has 0 saturated carbocycles. The Morgan fingerprint density at radius 2 is 2.17 bits per heavy atom. The lowest BCUT2D eigenvalue weighted by Crippen LogP contribution is -2.38. The number of furan rings is 1. The molecule has 0 fully saturated rings. The zero-order valence-corrected chi connectivity index (χ0v) is 13.2. The number of anilines is 1. The lowest BCUT2D eigenvalue weighted by Gasteiger charge is -2.24. The molecule has 0 bridgehead atoms. The highest BCUT2D eigenvalue weighted by Gasteiger charge is 2.26. The summed E-state index contributed by atoms with van der Waals surface area (Å²) in [4.78, 5) is 13.7. The van der Waals surface area contributed by atoms with Gasteiger partial charge in [0.1, 0.15) is 23.5 Å². The predicted molar refractivity (Wildman–Crippen MR) is 84.8 cm³/mol. The third-order valence-electron chi connectivity index (χ3n) is 3.38. The Kier molecular flexibility index (Phi) is 3.91. The van der Waals surface area contributed by atoms with Crippen molar-refractivity contribution in [2.75, 3.05) is 11.4 Å². The smallest absolute Gasteiger partial charge is 0.285 e. The first-order valence-electron chi connectivity index (χ1n) is 6.92. The molecule has 1 aliphatic rings. The predicted octanol–water partition coefficient (Wildman–Crippen LogP) is 1.44. The Hall–Kier alpha value is -2.61. The molecule has 23 heavy (non-hydrogen) atoms. The normalized spacial score (nSPS) is 15.3. The number of amides is 1. The summed E-state index contributed by atoms with van der Waals surface area (Å²) in [6, 6.07) is 8.42. The van der Waals surface area contributed by atoms with Gasteiger partial charge in [-0.3, -0.25) is 4.79 Å². The average Bonchev–Trinajstić information content (AvgIpc) is 3.01. The van der Waals surface area contributed by atoms with Crippen LogP contribution in [0.2, 0.25) is 0 Å². The van der Waals surface area contributed by atoms with E-state index >= 15 is 0 Å². The Morgan fingerprint density at radius 3 is 2.91 bits per heavy atom. The minimum atomic E-state index is -3.69. The van der Waals surface area contributed by atoms with Crippen LogP contribution in [-0.4, -0.2) is 27.2 Å². The summed E-state index contributed by atoms with van der Waals surface area (Å²) in [5.41, 5.74) is 1.35. The second-order valence-electron chi connectivity index (χ2n) is 5.15. The van der Waals surface area contributed by atoms with Gasteiger partial charge in [0.15, 0.2) is 0 Å². The summed E-state index contributed by atoms with van der Waals surface area (Å²) < 4.78 is 32.6. The van der Waals surface area contributed by atoms with Gasteiger partial charge in [0.2, 0.25) is 5.91 Å². The van der Waals surface area contributed by atoms with Gasteiger partial charge in [-0.25, -0.2) is 0 Å². The summed E-state index contributed by atoms with van der Waals surface area (Å²) in [7, 11) is -3.69. The standard InChI is InChI=1S/C15H15N3O4S/c1-11-4-5-14-13(7-11)18(10-17-23(14,20)21)9-15(19)16-8-12-3-2-6-22-12/h2-7,10H,8-9H2,1H3,(H,16,19). The van der Waals surface area contributed by atoms with Crippen molar-refractivity contribution in [1.29, 1.82) is 0 Å². The maximum Gasteiger partial charge on any atom is 0.285 e. The van der Waals surface area contributed by atoms with Gasteiger partial charge in [-0.05, 0) is 36.8 Å². The van der Waals surface area contributed by atoms with Gasteiger partial charge in [-0.1, -0.05) is 6.07 Å². The van der Waals surface area contributed by atoms with Crippen LogP contribution in [-0.2, 0) is 21.4 Å². The highest BCUT2D eigenvalue weighted by molar-refractivity contribution is 7.90. The van der Waals surface area contributed by atoms with E-state index in [1.54, 1.807) is 24.3 Å². The average molecular weight is 333 g/mol. The maximum absolute atomic E-state index is 12.1. The molecule has 8 heteroatoms. The number of carbonyl (C=O) groups excluding carboxylic acids is 1. The van der Waals surface area contributed by atoms with Crippen LogP contribution in [0.4, 0.5) is 5.69 Å². The van der Waals surface area contributed by atoms with Crippen LogP contribution in [0.15, 0.2) is 50.3 Å². The number of aryl methyl sites for hydroxylation is 1. The van der Waals surface area contributed by atoms with Crippen molar-refractivity contribution in [1.82, 2.24) is 5.32 Å². The second-order valence-corrected chi connectivity index (χ2v) is 6.75. The number of carbonyl (C=O) groups is 1. The van der Waals surface area contributed by atoms with Crippen molar-refractivity contribution in [3.8, 4) is 0 Å². The van der Waals surface area contributed by atoms with E-state index in [9.17, 15) is 13.2 Å². The van der Waals surface area contributed by atoms with E-state index < -0.39 is 10.0 Å². The van der Waals surface area contributed by atoms with Crippen molar-refractivity contribution >= 4 is 28.0 Å². The molecule has 0 spiro atoms. The van der Waals surface area contributed by atoms with Crippen molar-refractivity contribution < 1.29 is 17.6 Å². The number of hydrogen-bond acceptors (Lipinski definition) is 5. The molecule has 120 valence electrons. The number of benzene rings is 1. The van der Waals surface area contributed by atoms with Gasteiger partial charge < -0.3 is 14.6 Å². The molecule has 0 atom stereocenters. The Morgan fingerprint density at radius 1 is 1.35 bits per heavy atom. The third kappa shape index (κ3) is 3.26. The minimum Gasteiger partial charge on any atom is -0.467 e. The van der Waals surface area contributed by atoms with Crippen LogP contribution in [0.3, 0.4) is 0 Å². The van der Waals surface area contributed by atoms with Gasteiger partial charge >= 0.3 is 0 Å². The third-order valence-corrected chi connectivity index (χ3v) is 4.65. The lowest BCUT2D eigenvalue weighted by molar-refractivity contribution is -0.119. The van der Waals surface area contributed by atoms with E-state index in [2.05, 4.69) is 9.71 Å². The molecule has 1 aromatic heterocycles. The quantitative estimate of drug-likeness (QED) is 0.914. The van der Waals surface area contributed by atoms with E-state index in [-0.39, 0.29) is 23.9 Å². The molecule has 0 saturated heterocycles. The van der Waals surface area contributed by atoms with Crippen molar-refractivity contribution in [3.63, 3.8) is 0 Å². The van der Waals surface area contributed by atoms with Crippen molar-refractivity contribution in [3.05, 3.63) is 47.9 Å². The van der Waals surface area contributed by atoms with E-state index in [0.29, 0.717) is 11.4 Å². The molecule has 1 aromatic carbocycles. The first-order valence-corrected chi connectivity index (χ1v) is 8.36. The number of sulfonamides is 1. The van der Waals surface area contributed by atoms with Crippen LogP contribution in [0, 0.1) is 6.92 Å². The SMILES string of the molecule is Cc1ccc2c(c1)N(CC(=O)NCc1ccco1)C=NS2(=O)=O. The highest BCUT2D eigenvalue weighted by atomic mass is 32.2. The summed E-state index contributed by atoms with van der Waals surface area (Å²) in [6.07, 6.45) is 2.70. The second kappa shape index (κ2) is 5.88. The monoisotopic (exact) mass is 333 g/mol. The molecule has 0 radical (unpaired) electrons. The van der Waals surface area contributed by atoms with Gasteiger partial charge in [0.25, 0.3) is 10.0 Å². The van der Waals surface area contributed by atoms with Crippen LogP contribution >= 0.6 is 0 Å². The Balaban J connectivity index is 1.76. The molecule has 0 aliphatic carbocycles. The largest absolute Gasteiger partial charge is 0.467 e. The highest BCUT2D eigenvalue weighted by Crippen LogP contribution is 2.30. The number of nitrogens with one attached hydrogen (secondary N) is 1. The van der Waals surface area contributed by atoms with Gasteiger partial charge in [-0.2, -0.15) is 8.42 Å². The number of rotatable bonds is 4. The molecule has 3 rings (SSSR count). The number of hydrogen-bond donors (Lipinski definition) is 1. The summed E-state index contributed by atoms with van der Waals surface area (Å²) >= 11 is 0. The Bertz CT molecular complexity index is 857. The molecule has 2 heterocycles. The zero-order valence-electron chi connectivity index (χ0n) is 12.4. The van der Waals surface area contributed by atoms with Gasteiger partial charge in [0.05, 0.1) is 18.5 Å². The maximum atomic E-state index is 12.1. The first kappa shape index (κ1) is 15.3. The molecule has 1 amide bonds. The van der Waals surface area contributed by atoms with Crippen molar-refractivity contribution in [2.45, 2.75) is 18.4 Å². The lowest BCUT2D eigenvalue weighted by atomic mass is 10.2. The summed E-state index contributed by atoms with van der Waals surface area (Å²) in [6.45, 7) is 2.10. The van der Waals surface area contributed by atoms with Crippen LogP contribution in [0.5, 0.6) is 0 Å². The van der Waals surface area contributed by atoms with Crippen LogP contribution < -0.4 is 10.2 Å². The van der Waals surface area contributed by atoms with E-state index in [1.165, 1.54) is 23.6 Å². The molecule has 2 aromatic rings. The zero-order chi connectivity index (χ0) is 16.4. The topological polar surface area (TPSA) is 92.0 Å². The molecular weight excluding hydrogens is 318 g/mol. The van der Waals surface area contributed by atoms with Crippen LogP contribution in [0.25, 0.3) is 0 Å². The fourth-order valence-electron chi connectivity index (χ4n) is 2.24. The minimum absolute atomic E-state index is 0.0316. The molecular formula is C15H15N3O4S. The van der Waals surface area contributed by atoms with E-state index in [0.717, 1.165) is 5.56 Å². The Labute approximate surface area is 133 Å². The van der Waals surface area contributed by atoms with E-state index in [1.807, 2.05) is 6.92 Å². The summed E-state index contributed by atoms with van der Waals surface area (Å²) in [5.74, 6) is 0.379. The fraction of sp³-hybridized carbons (Fsp3) is 0.200. The first-order chi connectivity index (χ1) is 11.0. The van der Waals surface area contributed by atoms with Gasteiger partial charge in [-0.15, -0.1) is 4.40 Å². The molecule has 0 unspecified atom stereocenters. The number of fused-ring (bicyclic) bond motifs is 1. The van der Waals surface area contributed by atoms with E-state index in [4.69, 9.17) is 4.42 Å². The number of nitrogens with zero attached hydrogens (tertiary/aromatic N) is 2. The van der Waals surface area contributed by atoms with Crippen LogP contribution in [0.1, 0.15) is 11.3 Å². The molecule has 1 aliphatic heterocycles. The van der Waals surface area contributed by atoms with Crippen molar-refractivity contribution in [2.24, 2.45) is 4.40 Å². The van der Waals surface area contributed by atoms with Gasteiger partial charge in [0, 0.05) is 0 Å². The molecule has 7 nitrogen and oxygen atoms in total. The summed E-state index contributed by atoms with van der Waals surface area (Å²) in [5, 5.41) is 2.71. The molecule has 1 N–H and O–H groups in total. The fourth-order valence-corrected chi connectivity index (χ4v) is 3.28.